The number of likely N-dealkylation sites (tertiary alicyclic amines) is 1. The topological polar surface area (TPSA) is 40.5 Å². The first-order valence-electron chi connectivity index (χ1n) is 6.49. The minimum atomic E-state index is 0.00125. The van der Waals surface area contributed by atoms with E-state index in [1.807, 2.05) is 4.90 Å². The van der Waals surface area contributed by atoms with Crippen molar-refractivity contribution in [3.05, 3.63) is 33.3 Å². The Morgan fingerprint density at radius 2 is 2.21 bits per heavy atom. The highest BCUT2D eigenvalue weighted by Gasteiger charge is 2.27. The van der Waals surface area contributed by atoms with Crippen molar-refractivity contribution in [3.63, 3.8) is 0 Å². The van der Waals surface area contributed by atoms with E-state index in [4.69, 9.17) is 16.7 Å². The summed E-state index contributed by atoms with van der Waals surface area (Å²) < 4.78 is 0.805. The van der Waals surface area contributed by atoms with Gasteiger partial charge >= 0.3 is 0 Å². The molecule has 0 aliphatic carbocycles. The van der Waals surface area contributed by atoms with E-state index in [2.05, 4.69) is 15.9 Å². The lowest BCUT2D eigenvalue weighted by Crippen LogP contribution is -2.44. The quantitative estimate of drug-likeness (QED) is 0.910. The zero-order chi connectivity index (χ0) is 13.8. The lowest BCUT2D eigenvalue weighted by Gasteiger charge is -2.35. The largest absolute Gasteiger partial charge is 0.396 e. The van der Waals surface area contributed by atoms with Crippen molar-refractivity contribution in [2.75, 3.05) is 13.2 Å². The first kappa shape index (κ1) is 14.8. The number of piperidine rings is 1. The molecule has 1 saturated heterocycles. The normalized spacial score (nSPS) is 19.5. The second-order valence-corrected chi connectivity index (χ2v) is 6.17. The molecule has 0 spiro atoms. The number of amides is 1. The minimum Gasteiger partial charge on any atom is -0.396 e. The molecule has 1 aliphatic rings. The average molecular weight is 347 g/mol. The predicted octanol–water partition coefficient (Wildman–Crippen LogP) is 3.48. The fourth-order valence-corrected chi connectivity index (χ4v) is 3.42. The summed E-state index contributed by atoms with van der Waals surface area (Å²) in [6, 6.07) is 5.39. The molecule has 104 valence electrons. The Bertz CT molecular complexity index is 445. The van der Waals surface area contributed by atoms with Crippen molar-refractivity contribution in [1.29, 1.82) is 0 Å². The summed E-state index contributed by atoms with van der Waals surface area (Å²) in [5, 5.41) is 9.66. The van der Waals surface area contributed by atoms with Crippen molar-refractivity contribution in [2.45, 2.75) is 31.7 Å². The molecule has 1 heterocycles. The van der Waals surface area contributed by atoms with Crippen molar-refractivity contribution in [3.8, 4) is 0 Å². The van der Waals surface area contributed by atoms with Crippen LogP contribution >= 0.6 is 27.5 Å². The molecule has 5 heteroatoms. The Labute approximate surface area is 126 Å². The molecule has 19 heavy (non-hydrogen) atoms. The van der Waals surface area contributed by atoms with E-state index in [-0.39, 0.29) is 18.6 Å². The maximum atomic E-state index is 12.6. The van der Waals surface area contributed by atoms with Gasteiger partial charge in [0.05, 0.1) is 0 Å². The van der Waals surface area contributed by atoms with Gasteiger partial charge in [-0.3, -0.25) is 4.79 Å². The van der Waals surface area contributed by atoms with Crippen LogP contribution in [0.1, 0.15) is 36.0 Å². The second-order valence-electron chi connectivity index (χ2n) is 4.82. The van der Waals surface area contributed by atoms with Gasteiger partial charge in [-0.1, -0.05) is 27.5 Å². The fraction of sp³-hybridized carbons (Fsp3) is 0.500. The molecule has 2 rings (SSSR count). The first-order valence-corrected chi connectivity index (χ1v) is 7.67. The monoisotopic (exact) mass is 345 g/mol. The van der Waals surface area contributed by atoms with Crippen molar-refractivity contribution in [1.82, 2.24) is 4.90 Å². The minimum absolute atomic E-state index is 0.00125. The standard InChI is InChI=1S/C14H17BrClNO2/c15-11-7-10(8-12(16)9-11)14(19)17-5-2-1-3-13(17)4-6-18/h7-9,13,18H,1-6H2. The Kier molecular flexibility index (Phi) is 5.25. The number of carbonyl (C=O) groups is 1. The van der Waals surface area contributed by atoms with Crippen molar-refractivity contribution < 1.29 is 9.90 Å². The van der Waals surface area contributed by atoms with Gasteiger partial charge in [0.1, 0.15) is 0 Å². The molecule has 1 fully saturated rings. The van der Waals surface area contributed by atoms with E-state index in [1.165, 1.54) is 0 Å². The van der Waals surface area contributed by atoms with Gasteiger partial charge in [-0.15, -0.1) is 0 Å². The molecule has 1 aliphatic heterocycles. The zero-order valence-electron chi connectivity index (χ0n) is 10.6. The highest BCUT2D eigenvalue weighted by Crippen LogP contribution is 2.25. The summed E-state index contributed by atoms with van der Waals surface area (Å²) in [6.07, 6.45) is 3.75. The maximum absolute atomic E-state index is 12.6. The summed E-state index contributed by atoms with van der Waals surface area (Å²) >= 11 is 9.35. The molecule has 1 unspecified atom stereocenters. The Balaban J connectivity index is 2.20. The van der Waals surface area contributed by atoms with Crippen LogP contribution in [0.2, 0.25) is 5.02 Å². The molecular formula is C14H17BrClNO2. The van der Waals surface area contributed by atoms with E-state index in [0.717, 1.165) is 30.3 Å². The summed E-state index contributed by atoms with van der Waals surface area (Å²) in [5.74, 6) is 0.00125. The third-order valence-electron chi connectivity index (χ3n) is 3.46. The lowest BCUT2D eigenvalue weighted by molar-refractivity contribution is 0.0574. The smallest absolute Gasteiger partial charge is 0.254 e. The van der Waals surface area contributed by atoms with E-state index < -0.39 is 0 Å². The van der Waals surface area contributed by atoms with Gasteiger partial charge in [-0.2, -0.15) is 0 Å². The second kappa shape index (κ2) is 6.73. The van der Waals surface area contributed by atoms with Gasteiger partial charge in [0.15, 0.2) is 0 Å². The summed E-state index contributed by atoms with van der Waals surface area (Å²) in [7, 11) is 0. The maximum Gasteiger partial charge on any atom is 0.254 e. The number of halogens is 2. The highest BCUT2D eigenvalue weighted by molar-refractivity contribution is 9.10. The van der Waals surface area contributed by atoms with E-state index >= 15 is 0 Å². The number of aliphatic hydroxyl groups is 1. The molecule has 1 aromatic carbocycles. The highest BCUT2D eigenvalue weighted by atomic mass is 79.9. The van der Waals surface area contributed by atoms with Crippen LogP contribution < -0.4 is 0 Å². The molecule has 1 amide bonds. The van der Waals surface area contributed by atoms with Crippen LogP contribution in [-0.2, 0) is 0 Å². The lowest BCUT2D eigenvalue weighted by atomic mass is 9.98. The first-order chi connectivity index (χ1) is 9.11. The summed E-state index contributed by atoms with van der Waals surface area (Å²) in [6.45, 7) is 0.876. The molecule has 0 bridgehead atoms. The Hall–Kier alpha value is -0.580. The van der Waals surface area contributed by atoms with Gasteiger partial charge in [0.25, 0.3) is 5.91 Å². The Morgan fingerprint density at radius 1 is 1.42 bits per heavy atom. The third-order valence-corrected chi connectivity index (χ3v) is 4.14. The molecule has 0 radical (unpaired) electrons. The molecule has 0 aromatic heterocycles. The molecule has 1 aromatic rings. The van der Waals surface area contributed by atoms with Crippen LogP contribution in [0.15, 0.2) is 22.7 Å². The van der Waals surface area contributed by atoms with Gasteiger partial charge in [-0.25, -0.2) is 0 Å². The third kappa shape index (κ3) is 3.71. The average Bonchev–Trinajstić information content (AvgIpc) is 2.38. The SMILES string of the molecule is O=C(c1cc(Cl)cc(Br)c1)N1CCCCC1CCO. The fourth-order valence-electron chi connectivity index (χ4n) is 2.56. The molecular weight excluding hydrogens is 330 g/mol. The number of carbonyl (C=O) groups excluding carboxylic acids is 1. The molecule has 0 saturated carbocycles. The Morgan fingerprint density at radius 3 is 2.89 bits per heavy atom. The number of hydrogen-bond acceptors (Lipinski definition) is 2. The van der Waals surface area contributed by atoms with Gasteiger partial charge in [0, 0.05) is 34.3 Å². The zero-order valence-corrected chi connectivity index (χ0v) is 13.0. The van der Waals surface area contributed by atoms with E-state index in [1.54, 1.807) is 18.2 Å². The van der Waals surface area contributed by atoms with Crippen LogP contribution in [0.3, 0.4) is 0 Å². The van der Waals surface area contributed by atoms with Crippen molar-refractivity contribution >= 4 is 33.4 Å². The number of benzene rings is 1. The van der Waals surface area contributed by atoms with Crippen LogP contribution in [-0.4, -0.2) is 35.1 Å². The van der Waals surface area contributed by atoms with Crippen LogP contribution in [0.25, 0.3) is 0 Å². The van der Waals surface area contributed by atoms with Gasteiger partial charge in [0.2, 0.25) is 0 Å². The predicted molar refractivity (Wildman–Crippen MR) is 79.5 cm³/mol. The molecule has 1 N–H and O–H groups in total. The molecule has 1 atom stereocenters. The van der Waals surface area contributed by atoms with E-state index in [9.17, 15) is 4.79 Å². The van der Waals surface area contributed by atoms with Crippen molar-refractivity contribution in [2.24, 2.45) is 0 Å². The van der Waals surface area contributed by atoms with Crippen LogP contribution in [0.4, 0.5) is 0 Å². The van der Waals surface area contributed by atoms with Gasteiger partial charge in [-0.05, 0) is 43.9 Å². The summed E-state index contributed by atoms with van der Waals surface area (Å²) in [4.78, 5) is 14.4. The van der Waals surface area contributed by atoms with Gasteiger partial charge < -0.3 is 10.0 Å². The number of nitrogens with zero attached hydrogens (tertiary/aromatic N) is 1. The number of rotatable bonds is 3. The summed E-state index contributed by atoms with van der Waals surface area (Å²) in [5.41, 5.74) is 0.601. The number of aliphatic hydroxyl groups excluding tert-OH is 1. The van der Waals surface area contributed by atoms with Crippen LogP contribution in [0, 0.1) is 0 Å². The van der Waals surface area contributed by atoms with Crippen LogP contribution in [0.5, 0.6) is 0 Å². The number of hydrogen-bond donors (Lipinski definition) is 1. The van der Waals surface area contributed by atoms with E-state index in [0.29, 0.717) is 17.0 Å². The molecule has 3 nitrogen and oxygen atoms in total.